The predicted octanol–water partition coefficient (Wildman–Crippen LogP) is 3.04. The van der Waals surface area contributed by atoms with Crippen molar-refractivity contribution in [3.8, 4) is 17.1 Å². The quantitative estimate of drug-likeness (QED) is 0.735. The zero-order valence-corrected chi connectivity index (χ0v) is 14.9. The van der Waals surface area contributed by atoms with E-state index in [1.54, 1.807) is 0 Å². The van der Waals surface area contributed by atoms with Gasteiger partial charge in [-0.2, -0.15) is 10.1 Å². The van der Waals surface area contributed by atoms with Crippen molar-refractivity contribution in [2.75, 3.05) is 13.1 Å². The minimum atomic E-state index is 0.550. The first-order chi connectivity index (χ1) is 12.1. The van der Waals surface area contributed by atoms with Gasteiger partial charge in [-0.25, -0.2) is 4.68 Å². The molecular weight excluding hydrogens is 314 g/mol. The van der Waals surface area contributed by atoms with Crippen LogP contribution in [-0.4, -0.2) is 44.0 Å². The molecule has 1 aliphatic heterocycles. The highest BCUT2D eigenvalue weighted by Crippen LogP contribution is 2.21. The van der Waals surface area contributed by atoms with Crippen LogP contribution in [0.4, 0.5) is 0 Å². The summed E-state index contributed by atoms with van der Waals surface area (Å²) >= 11 is 0. The fraction of sp³-hybridized carbons (Fsp3) is 0.421. The van der Waals surface area contributed by atoms with Crippen LogP contribution < -0.4 is 0 Å². The van der Waals surface area contributed by atoms with Gasteiger partial charge in [-0.1, -0.05) is 5.16 Å². The molecule has 6 nitrogen and oxygen atoms in total. The number of benzene rings is 1. The van der Waals surface area contributed by atoms with Gasteiger partial charge in [0.15, 0.2) is 5.82 Å². The Bertz CT molecular complexity index is 837. The summed E-state index contributed by atoms with van der Waals surface area (Å²) in [6.45, 7) is 8.52. The largest absolute Gasteiger partial charge is 0.334 e. The molecule has 0 bridgehead atoms. The van der Waals surface area contributed by atoms with Gasteiger partial charge in [0, 0.05) is 37.3 Å². The number of hydrogen-bond acceptors (Lipinski definition) is 5. The van der Waals surface area contributed by atoms with Crippen LogP contribution in [0.2, 0.25) is 0 Å². The molecule has 6 heteroatoms. The van der Waals surface area contributed by atoms with E-state index in [2.05, 4.69) is 35.1 Å². The maximum absolute atomic E-state index is 5.22. The van der Waals surface area contributed by atoms with Gasteiger partial charge in [0.25, 0.3) is 5.89 Å². The normalized spacial score (nSPS) is 15.4. The van der Waals surface area contributed by atoms with Crippen molar-refractivity contribution in [2.45, 2.75) is 39.7 Å². The first kappa shape index (κ1) is 16.0. The Morgan fingerprint density at radius 3 is 2.52 bits per heavy atom. The summed E-state index contributed by atoms with van der Waals surface area (Å²) in [4.78, 5) is 6.78. The Kier molecular flexibility index (Phi) is 4.13. The summed E-state index contributed by atoms with van der Waals surface area (Å²) < 4.78 is 7.20. The highest BCUT2D eigenvalue weighted by molar-refractivity contribution is 5.55. The van der Waals surface area contributed by atoms with Gasteiger partial charge in [0.2, 0.25) is 0 Å². The third-order valence-electron chi connectivity index (χ3n) is 4.82. The molecule has 4 rings (SSSR count). The van der Waals surface area contributed by atoms with E-state index in [0.717, 1.165) is 37.2 Å². The van der Waals surface area contributed by atoms with Crippen molar-refractivity contribution < 1.29 is 4.52 Å². The average molecular weight is 337 g/mol. The van der Waals surface area contributed by atoms with Gasteiger partial charge in [0.1, 0.15) is 0 Å². The van der Waals surface area contributed by atoms with Crippen molar-refractivity contribution in [3.05, 3.63) is 47.5 Å². The molecule has 0 fully saturated rings. The molecule has 0 saturated carbocycles. The molecule has 25 heavy (non-hydrogen) atoms. The van der Waals surface area contributed by atoms with E-state index in [-0.39, 0.29) is 0 Å². The molecule has 1 aromatic carbocycles. The second-order valence-electron chi connectivity index (χ2n) is 6.87. The Hall–Kier alpha value is -2.47. The minimum absolute atomic E-state index is 0.550. The monoisotopic (exact) mass is 337 g/mol. The Morgan fingerprint density at radius 1 is 1.08 bits per heavy atom. The number of aryl methyl sites for hydroxylation is 1. The summed E-state index contributed by atoms with van der Waals surface area (Å²) in [6.07, 6.45) is 4.25. The molecule has 0 amide bonds. The summed E-state index contributed by atoms with van der Waals surface area (Å²) in [7, 11) is 0. The Balaban J connectivity index is 1.55. The maximum atomic E-state index is 5.22. The van der Waals surface area contributed by atoms with Crippen LogP contribution in [0.15, 0.2) is 35.0 Å². The summed E-state index contributed by atoms with van der Waals surface area (Å²) in [5, 5.41) is 8.66. The molecule has 0 saturated heterocycles. The molecule has 0 atom stereocenters. The molecule has 2 aromatic heterocycles. The zero-order valence-electron chi connectivity index (χ0n) is 14.9. The molecule has 0 spiro atoms. The molecular formula is C19H23N5O. The Morgan fingerprint density at radius 2 is 1.84 bits per heavy atom. The SMILES string of the molecule is Cc1noc(-c2ccc(-n3cc4c(n3)CCN(C(C)C)CC4)cc2)n1. The second-order valence-corrected chi connectivity index (χ2v) is 6.87. The third kappa shape index (κ3) is 3.22. The predicted molar refractivity (Wildman–Crippen MR) is 95.7 cm³/mol. The van der Waals surface area contributed by atoms with Gasteiger partial charge in [0.05, 0.1) is 11.4 Å². The third-order valence-corrected chi connectivity index (χ3v) is 4.82. The van der Waals surface area contributed by atoms with E-state index in [0.29, 0.717) is 17.8 Å². The van der Waals surface area contributed by atoms with Gasteiger partial charge in [-0.15, -0.1) is 0 Å². The van der Waals surface area contributed by atoms with E-state index in [1.807, 2.05) is 35.9 Å². The van der Waals surface area contributed by atoms with E-state index in [4.69, 9.17) is 9.62 Å². The van der Waals surface area contributed by atoms with Crippen LogP contribution in [0.25, 0.3) is 17.1 Å². The van der Waals surface area contributed by atoms with Crippen molar-refractivity contribution in [1.82, 2.24) is 24.8 Å². The van der Waals surface area contributed by atoms with Crippen LogP contribution in [0.3, 0.4) is 0 Å². The minimum Gasteiger partial charge on any atom is -0.334 e. The van der Waals surface area contributed by atoms with Crippen LogP contribution >= 0.6 is 0 Å². The van der Waals surface area contributed by atoms with E-state index >= 15 is 0 Å². The number of fused-ring (bicyclic) bond motifs is 1. The van der Waals surface area contributed by atoms with Crippen LogP contribution in [0.1, 0.15) is 30.9 Å². The Labute approximate surface area is 147 Å². The molecule has 3 heterocycles. The lowest BCUT2D eigenvalue weighted by molar-refractivity contribution is 0.232. The molecule has 0 radical (unpaired) electrons. The number of aromatic nitrogens is 4. The number of hydrogen-bond donors (Lipinski definition) is 0. The van der Waals surface area contributed by atoms with Gasteiger partial charge < -0.3 is 9.42 Å². The molecule has 0 unspecified atom stereocenters. The second kappa shape index (κ2) is 6.44. The molecule has 3 aromatic rings. The topological polar surface area (TPSA) is 60.0 Å². The molecule has 130 valence electrons. The number of rotatable bonds is 3. The fourth-order valence-corrected chi connectivity index (χ4v) is 3.31. The summed E-state index contributed by atoms with van der Waals surface area (Å²) in [6, 6.07) is 8.67. The standard InChI is InChI=1S/C19H23N5O/c1-13(2)23-10-8-16-12-24(21-18(16)9-11-23)17-6-4-15(5-7-17)19-20-14(3)22-25-19/h4-7,12-13H,8-11H2,1-3H3. The van der Waals surface area contributed by atoms with Gasteiger partial charge in [-0.05, 0) is 57.0 Å². The highest BCUT2D eigenvalue weighted by atomic mass is 16.5. The lowest BCUT2D eigenvalue weighted by Crippen LogP contribution is -2.33. The van der Waals surface area contributed by atoms with Crippen molar-refractivity contribution in [2.24, 2.45) is 0 Å². The van der Waals surface area contributed by atoms with E-state index in [9.17, 15) is 0 Å². The van der Waals surface area contributed by atoms with Crippen LogP contribution in [-0.2, 0) is 12.8 Å². The first-order valence-corrected chi connectivity index (χ1v) is 8.83. The van der Waals surface area contributed by atoms with Crippen LogP contribution in [0.5, 0.6) is 0 Å². The van der Waals surface area contributed by atoms with Gasteiger partial charge >= 0.3 is 0 Å². The number of nitrogens with zero attached hydrogens (tertiary/aromatic N) is 5. The van der Waals surface area contributed by atoms with E-state index in [1.165, 1.54) is 11.3 Å². The molecule has 1 aliphatic rings. The lowest BCUT2D eigenvalue weighted by atomic mass is 10.2. The molecule has 0 aliphatic carbocycles. The van der Waals surface area contributed by atoms with Crippen LogP contribution in [0, 0.1) is 6.92 Å². The van der Waals surface area contributed by atoms with Gasteiger partial charge in [-0.3, -0.25) is 0 Å². The van der Waals surface area contributed by atoms with Crippen molar-refractivity contribution in [1.29, 1.82) is 0 Å². The molecule has 0 N–H and O–H groups in total. The summed E-state index contributed by atoms with van der Waals surface area (Å²) in [5.74, 6) is 1.19. The van der Waals surface area contributed by atoms with Crippen molar-refractivity contribution in [3.63, 3.8) is 0 Å². The summed E-state index contributed by atoms with van der Waals surface area (Å²) in [5.41, 5.74) is 4.55. The highest BCUT2D eigenvalue weighted by Gasteiger charge is 2.19. The lowest BCUT2D eigenvalue weighted by Gasteiger charge is -2.23. The van der Waals surface area contributed by atoms with E-state index < -0.39 is 0 Å². The first-order valence-electron chi connectivity index (χ1n) is 8.83. The maximum Gasteiger partial charge on any atom is 0.257 e. The zero-order chi connectivity index (χ0) is 17.4. The van der Waals surface area contributed by atoms with Crippen molar-refractivity contribution >= 4 is 0 Å². The smallest absolute Gasteiger partial charge is 0.257 e. The average Bonchev–Trinajstić information content (AvgIpc) is 3.16. The fourth-order valence-electron chi connectivity index (χ4n) is 3.31.